The van der Waals surface area contributed by atoms with Crippen LogP contribution in [0.15, 0.2) is 42.5 Å². The second kappa shape index (κ2) is 7.13. The Kier molecular flexibility index (Phi) is 5.36. The van der Waals surface area contributed by atoms with E-state index in [1.807, 2.05) is 30.3 Å². The Morgan fingerprint density at radius 2 is 1.40 bits per heavy atom. The lowest BCUT2D eigenvalue weighted by Crippen LogP contribution is -2.24. The zero-order valence-corrected chi connectivity index (χ0v) is 15.5. The lowest BCUT2D eigenvalue weighted by Gasteiger charge is -2.33. The van der Waals surface area contributed by atoms with Gasteiger partial charge in [-0.15, -0.1) is 0 Å². The van der Waals surface area contributed by atoms with Crippen LogP contribution in [-0.4, -0.2) is 25.6 Å². The van der Waals surface area contributed by atoms with Gasteiger partial charge in [0.05, 0.1) is 0 Å². The minimum atomic E-state index is -0.0599. The first-order valence-corrected chi connectivity index (χ1v) is 8.36. The number of nitrogens with zero attached hydrogens (tertiary/aromatic N) is 2. The highest BCUT2D eigenvalue weighted by molar-refractivity contribution is 5.72. The van der Waals surface area contributed by atoms with Crippen molar-refractivity contribution in [3.8, 4) is 11.5 Å². The summed E-state index contributed by atoms with van der Waals surface area (Å²) in [5.74, 6) is -0.102. The molecule has 5 nitrogen and oxygen atoms in total. The molecule has 0 saturated carbocycles. The quantitative estimate of drug-likeness (QED) is 0.586. The third-order valence-corrected chi connectivity index (χ3v) is 3.95. The molecule has 0 atom stereocenters. The number of nitrogens with one attached hydrogen (secondary N) is 1. The summed E-state index contributed by atoms with van der Waals surface area (Å²) in [4.78, 5) is 0. The van der Waals surface area contributed by atoms with Gasteiger partial charge in [-0.1, -0.05) is 52.8 Å². The smallest absolute Gasteiger partial charge is 0.157 e. The van der Waals surface area contributed by atoms with E-state index < -0.39 is 0 Å². The number of aromatic nitrogens is 3. The highest BCUT2D eigenvalue weighted by Crippen LogP contribution is 2.38. The van der Waals surface area contributed by atoms with Gasteiger partial charge in [0.2, 0.25) is 0 Å². The van der Waals surface area contributed by atoms with Gasteiger partial charge >= 0.3 is 0 Å². The van der Waals surface area contributed by atoms with Crippen LogP contribution in [0.5, 0.6) is 11.5 Å². The Morgan fingerprint density at radius 3 is 1.88 bits per heavy atom. The molecule has 0 aliphatic rings. The highest BCUT2D eigenvalue weighted by Gasteiger charge is 2.27. The fraction of sp³-hybridized carbons (Fsp3) is 0.400. The Bertz CT molecular complexity index is 802. The first kappa shape index (κ1) is 18.8. The van der Waals surface area contributed by atoms with Crippen LogP contribution < -0.4 is 0 Å². The van der Waals surface area contributed by atoms with Crippen molar-refractivity contribution in [2.24, 2.45) is 5.41 Å². The number of benzene rings is 2. The predicted molar refractivity (Wildman–Crippen MR) is 101 cm³/mol. The van der Waals surface area contributed by atoms with E-state index >= 15 is 0 Å². The Balaban J connectivity index is 0.000000208. The number of phenolic OH excluding ortho intramolecular Hbond substituents is 2. The normalized spacial score (nSPS) is 11.9. The molecule has 2 aromatic carbocycles. The van der Waals surface area contributed by atoms with E-state index in [1.54, 1.807) is 12.1 Å². The average molecular weight is 341 g/mol. The maximum Gasteiger partial charge on any atom is 0.157 e. The lowest BCUT2D eigenvalue weighted by molar-refractivity contribution is 0.283. The minimum absolute atomic E-state index is 0.0105. The molecular weight excluding hydrogens is 314 g/mol. The largest absolute Gasteiger partial charge is 0.504 e. The Morgan fingerprint density at radius 1 is 0.840 bits per heavy atom. The van der Waals surface area contributed by atoms with Crippen LogP contribution >= 0.6 is 0 Å². The van der Waals surface area contributed by atoms with Crippen molar-refractivity contribution in [2.45, 2.75) is 46.5 Å². The summed E-state index contributed by atoms with van der Waals surface area (Å²) in [5, 5.41) is 29.1. The van der Waals surface area contributed by atoms with Gasteiger partial charge in [0, 0.05) is 0 Å². The van der Waals surface area contributed by atoms with Crippen molar-refractivity contribution in [3.63, 3.8) is 0 Å². The minimum Gasteiger partial charge on any atom is -0.504 e. The number of phenols is 2. The van der Waals surface area contributed by atoms with Gasteiger partial charge in [-0.25, -0.2) is 0 Å². The van der Waals surface area contributed by atoms with E-state index in [1.165, 1.54) is 0 Å². The van der Waals surface area contributed by atoms with Crippen molar-refractivity contribution in [2.75, 3.05) is 0 Å². The fourth-order valence-corrected chi connectivity index (χ4v) is 3.16. The maximum atomic E-state index is 9.51. The summed E-state index contributed by atoms with van der Waals surface area (Å²) in [6.07, 6.45) is 1.02. The number of H-pyrrole nitrogens is 1. The molecule has 0 unspecified atom stereocenters. The second-order valence-corrected chi connectivity index (χ2v) is 8.14. The molecule has 1 aromatic heterocycles. The lowest BCUT2D eigenvalue weighted by atomic mass is 9.72. The monoisotopic (exact) mass is 341 g/mol. The van der Waals surface area contributed by atoms with E-state index in [0.717, 1.165) is 23.0 Å². The predicted octanol–water partition coefficient (Wildman–Crippen LogP) is 4.77. The molecule has 0 saturated heterocycles. The van der Waals surface area contributed by atoms with Crippen molar-refractivity contribution in [3.05, 3.63) is 48.0 Å². The summed E-state index contributed by atoms with van der Waals surface area (Å²) in [5.41, 5.74) is 3.10. The zero-order chi connectivity index (χ0) is 18.7. The maximum absolute atomic E-state index is 9.51. The summed E-state index contributed by atoms with van der Waals surface area (Å²) >= 11 is 0. The molecule has 5 heteroatoms. The zero-order valence-electron chi connectivity index (χ0n) is 15.5. The number of para-hydroxylation sites is 2. The second-order valence-electron chi connectivity index (χ2n) is 8.14. The van der Waals surface area contributed by atoms with Gasteiger partial charge in [-0.3, -0.25) is 0 Å². The molecular formula is C20H27N3O2. The van der Waals surface area contributed by atoms with Gasteiger partial charge in [0.15, 0.2) is 11.5 Å². The molecule has 0 bridgehead atoms. The van der Waals surface area contributed by atoms with E-state index in [0.29, 0.717) is 0 Å². The van der Waals surface area contributed by atoms with Crippen molar-refractivity contribution < 1.29 is 10.2 Å². The van der Waals surface area contributed by atoms with Crippen LogP contribution in [-0.2, 0) is 5.41 Å². The molecule has 134 valence electrons. The molecule has 0 aliphatic carbocycles. The molecule has 3 aromatic rings. The van der Waals surface area contributed by atoms with E-state index in [9.17, 15) is 10.2 Å². The number of hydrogen-bond donors (Lipinski definition) is 3. The van der Waals surface area contributed by atoms with Crippen molar-refractivity contribution in [1.29, 1.82) is 0 Å². The molecule has 25 heavy (non-hydrogen) atoms. The first-order chi connectivity index (χ1) is 11.6. The topological polar surface area (TPSA) is 82.0 Å². The van der Waals surface area contributed by atoms with E-state index in [4.69, 9.17) is 0 Å². The SMILES string of the molecule is CC(C)(C)CC(C)(C)c1ccc(O)c(O)c1.c1ccc2n[nH]nc2c1. The van der Waals surface area contributed by atoms with Crippen molar-refractivity contribution in [1.82, 2.24) is 15.4 Å². The number of aromatic hydroxyl groups is 2. The number of aromatic amines is 1. The molecule has 0 aliphatic heterocycles. The average Bonchev–Trinajstić information content (AvgIpc) is 2.96. The van der Waals surface area contributed by atoms with Crippen LogP contribution in [0.4, 0.5) is 0 Å². The molecule has 3 N–H and O–H groups in total. The Labute approximate surface area is 148 Å². The Hall–Kier alpha value is -2.56. The molecule has 0 radical (unpaired) electrons. The molecule has 0 spiro atoms. The van der Waals surface area contributed by atoms with Gasteiger partial charge in [0.1, 0.15) is 11.0 Å². The van der Waals surface area contributed by atoms with Crippen LogP contribution in [0.1, 0.15) is 46.6 Å². The van der Waals surface area contributed by atoms with Gasteiger partial charge in [-0.05, 0) is 47.1 Å². The number of fused-ring (bicyclic) bond motifs is 1. The standard InChI is InChI=1S/C14H22O2.C6H5N3/c1-13(2,3)9-14(4,5)10-6-7-11(15)12(16)8-10;1-2-4-6-5(3-1)7-9-8-6/h6-8,15-16H,9H2,1-5H3;1-4H,(H,7,8,9). The van der Waals surface area contributed by atoms with Crippen LogP contribution in [0, 0.1) is 5.41 Å². The molecule has 0 amide bonds. The van der Waals surface area contributed by atoms with E-state index in [-0.39, 0.29) is 22.3 Å². The van der Waals surface area contributed by atoms with Crippen LogP contribution in [0.2, 0.25) is 0 Å². The first-order valence-electron chi connectivity index (χ1n) is 8.36. The molecule has 1 heterocycles. The van der Waals surface area contributed by atoms with Crippen molar-refractivity contribution >= 4 is 11.0 Å². The van der Waals surface area contributed by atoms with Crippen LogP contribution in [0.25, 0.3) is 11.0 Å². The number of hydrogen-bond acceptors (Lipinski definition) is 4. The fourth-order valence-electron chi connectivity index (χ4n) is 3.16. The summed E-state index contributed by atoms with van der Waals surface area (Å²) in [6.45, 7) is 10.9. The van der Waals surface area contributed by atoms with Gasteiger partial charge in [-0.2, -0.15) is 15.4 Å². The number of rotatable bonds is 2. The molecule has 0 fully saturated rings. The molecule has 3 rings (SSSR count). The van der Waals surface area contributed by atoms with Crippen LogP contribution in [0.3, 0.4) is 0 Å². The highest BCUT2D eigenvalue weighted by atomic mass is 16.3. The van der Waals surface area contributed by atoms with Gasteiger partial charge in [0.25, 0.3) is 0 Å². The summed E-state index contributed by atoms with van der Waals surface area (Å²) in [6, 6.07) is 12.8. The van der Waals surface area contributed by atoms with E-state index in [2.05, 4.69) is 50.0 Å². The third-order valence-electron chi connectivity index (χ3n) is 3.95. The summed E-state index contributed by atoms with van der Waals surface area (Å²) in [7, 11) is 0. The summed E-state index contributed by atoms with van der Waals surface area (Å²) < 4.78 is 0. The van der Waals surface area contributed by atoms with Gasteiger partial charge < -0.3 is 10.2 Å². The third kappa shape index (κ3) is 5.21.